The largest absolute Gasteiger partial charge is 0.493 e. The van der Waals surface area contributed by atoms with E-state index in [1.807, 2.05) is 0 Å². The van der Waals surface area contributed by atoms with Gasteiger partial charge in [-0.15, -0.1) is 0 Å². The first kappa shape index (κ1) is 12.5. The van der Waals surface area contributed by atoms with Gasteiger partial charge in [0, 0.05) is 0 Å². The minimum atomic E-state index is 0.566. The quantitative estimate of drug-likeness (QED) is 0.642. The van der Waals surface area contributed by atoms with Crippen LogP contribution in [0.2, 0.25) is 0 Å². The molecule has 0 spiro atoms. The Morgan fingerprint density at radius 3 is 2.62 bits per heavy atom. The van der Waals surface area contributed by atoms with Gasteiger partial charge >= 0.3 is 0 Å². The van der Waals surface area contributed by atoms with Gasteiger partial charge in [0.05, 0.1) is 6.61 Å². The molecule has 0 aliphatic carbocycles. The van der Waals surface area contributed by atoms with Crippen LogP contribution in [0.3, 0.4) is 0 Å². The van der Waals surface area contributed by atoms with Crippen LogP contribution in [0.25, 0.3) is 10.8 Å². The lowest BCUT2D eigenvalue weighted by molar-refractivity contribution is 0.266. The molecule has 0 N–H and O–H groups in total. The lowest BCUT2D eigenvalue weighted by atomic mass is 9.87. The van der Waals surface area contributed by atoms with Gasteiger partial charge in [0.15, 0.2) is 0 Å². The van der Waals surface area contributed by atoms with Gasteiger partial charge in [-0.1, -0.05) is 60.7 Å². The van der Waals surface area contributed by atoms with Crippen LogP contribution in [0.1, 0.15) is 23.5 Å². The molecule has 1 nitrogen and oxygen atoms in total. The molecule has 0 fully saturated rings. The van der Waals surface area contributed by atoms with Crippen molar-refractivity contribution in [2.45, 2.75) is 18.8 Å². The lowest BCUT2D eigenvalue weighted by Crippen LogP contribution is -2.15. The highest BCUT2D eigenvalue weighted by Gasteiger charge is 2.21. The van der Waals surface area contributed by atoms with E-state index in [1.165, 1.54) is 21.9 Å². The summed E-state index contributed by atoms with van der Waals surface area (Å²) in [7, 11) is 0. The maximum atomic E-state index is 5.76. The summed E-state index contributed by atoms with van der Waals surface area (Å²) in [6.45, 7) is 0.829. The normalized spacial score (nSPS) is 17.2. The zero-order valence-corrected chi connectivity index (χ0v) is 12.0. The van der Waals surface area contributed by atoms with Crippen molar-refractivity contribution in [1.82, 2.24) is 0 Å². The molecule has 3 aromatic rings. The summed E-state index contributed by atoms with van der Waals surface area (Å²) in [5, 5.41) is 2.64. The van der Waals surface area contributed by atoms with Gasteiger partial charge in [0.25, 0.3) is 0 Å². The second-order valence-corrected chi connectivity index (χ2v) is 5.76. The van der Waals surface area contributed by atoms with E-state index in [-0.39, 0.29) is 0 Å². The topological polar surface area (TPSA) is 9.23 Å². The number of hydrogen-bond acceptors (Lipinski definition) is 1. The number of benzene rings is 3. The van der Waals surface area contributed by atoms with Crippen LogP contribution in [0.15, 0.2) is 66.7 Å². The first-order valence-electron chi connectivity index (χ1n) is 7.59. The number of ether oxygens (including phenoxy) is 1. The number of hydrogen-bond donors (Lipinski definition) is 0. The Morgan fingerprint density at radius 2 is 1.67 bits per heavy atom. The second-order valence-electron chi connectivity index (χ2n) is 5.76. The maximum Gasteiger partial charge on any atom is 0.122 e. The van der Waals surface area contributed by atoms with Crippen LogP contribution in [-0.2, 0) is 6.42 Å². The van der Waals surface area contributed by atoms with E-state index in [0.717, 1.165) is 25.2 Å². The van der Waals surface area contributed by atoms with Crippen LogP contribution in [0.4, 0.5) is 0 Å². The summed E-state index contributed by atoms with van der Waals surface area (Å²) in [5.41, 5.74) is 2.77. The number of para-hydroxylation sites is 1. The SMILES string of the molecule is c1ccc2c(c1)OCCC2Cc1ccc2ccccc2c1. The molecule has 104 valence electrons. The molecular weight excluding hydrogens is 256 g/mol. The maximum absolute atomic E-state index is 5.76. The molecule has 1 unspecified atom stereocenters. The average molecular weight is 274 g/mol. The molecular formula is C20H18O. The number of rotatable bonds is 2. The van der Waals surface area contributed by atoms with Crippen LogP contribution in [-0.4, -0.2) is 6.61 Å². The van der Waals surface area contributed by atoms with Crippen molar-refractivity contribution in [2.75, 3.05) is 6.61 Å². The van der Waals surface area contributed by atoms with Gasteiger partial charge < -0.3 is 4.74 Å². The fourth-order valence-electron chi connectivity index (χ4n) is 3.28. The summed E-state index contributed by atoms with van der Waals surface area (Å²) >= 11 is 0. The minimum absolute atomic E-state index is 0.566. The van der Waals surface area contributed by atoms with E-state index in [9.17, 15) is 0 Å². The molecule has 0 aromatic heterocycles. The first-order chi connectivity index (χ1) is 10.4. The third-order valence-electron chi connectivity index (χ3n) is 4.38. The van der Waals surface area contributed by atoms with E-state index in [0.29, 0.717) is 5.92 Å². The molecule has 0 bridgehead atoms. The highest BCUT2D eigenvalue weighted by molar-refractivity contribution is 5.83. The van der Waals surface area contributed by atoms with Crippen molar-refractivity contribution in [3.63, 3.8) is 0 Å². The van der Waals surface area contributed by atoms with Gasteiger partial charge in [-0.3, -0.25) is 0 Å². The van der Waals surface area contributed by atoms with Crippen LogP contribution in [0.5, 0.6) is 5.75 Å². The summed E-state index contributed by atoms with van der Waals surface area (Å²) in [6, 6.07) is 23.8. The van der Waals surface area contributed by atoms with Crippen molar-refractivity contribution in [2.24, 2.45) is 0 Å². The zero-order valence-electron chi connectivity index (χ0n) is 12.0. The molecule has 0 saturated carbocycles. The Hall–Kier alpha value is -2.28. The van der Waals surface area contributed by atoms with Crippen LogP contribution >= 0.6 is 0 Å². The van der Waals surface area contributed by atoms with Crippen molar-refractivity contribution in [3.05, 3.63) is 77.9 Å². The Morgan fingerprint density at radius 1 is 0.857 bits per heavy atom. The Bertz CT molecular complexity index is 775. The molecule has 0 amide bonds. The van der Waals surface area contributed by atoms with E-state index >= 15 is 0 Å². The van der Waals surface area contributed by atoms with E-state index in [2.05, 4.69) is 66.7 Å². The highest BCUT2D eigenvalue weighted by atomic mass is 16.5. The lowest BCUT2D eigenvalue weighted by Gasteiger charge is -2.26. The second kappa shape index (κ2) is 5.25. The average Bonchev–Trinajstić information content (AvgIpc) is 2.55. The summed E-state index contributed by atoms with van der Waals surface area (Å²) in [5.74, 6) is 1.63. The van der Waals surface area contributed by atoms with Crippen molar-refractivity contribution < 1.29 is 4.74 Å². The third-order valence-corrected chi connectivity index (χ3v) is 4.38. The molecule has 0 radical (unpaired) electrons. The molecule has 1 atom stereocenters. The van der Waals surface area contributed by atoms with Crippen molar-refractivity contribution in [1.29, 1.82) is 0 Å². The summed E-state index contributed by atoms with van der Waals surface area (Å²) in [6.07, 6.45) is 2.19. The van der Waals surface area contributed by atoms with Crippen LogP contribution < -0.4 is 4.74 Å². The van der Waals surface area contributed by atoms with E-state index in [1.54, 1.807) is 0 Å². The summed E-state index contributed by atoms with van der Waals surface area (Å²) < 4.78 is 5.76. The van der Waals surface area contributed by atoms with Gasteiger partial charge in [-0.05, 0) is 46.7 Å². The number of fused-ring (bicyclic) bond motifs is 2. The fourth-order valence-corrected chi connectivity index (χ4v) is 3.28. The predicted octanol–water partition coefficient (Wildman–Crippen LogP) is 4.95. The molecule has 0 saturated heterocycles. The summed E-state index contributed by atoms with van der Waals surface area (Å²) in [4.78, 5) is 0. The van der Waals surface area contributed by atoms with Gasteiger partial charge in [-0.25, -0.2) is 0 Å². The third kappa shape index (κ3) is 2.40. The molecule has 1 aliphatic rings. The predicted molar refractivity (Wildman–Crippen MR) is 86.9 cm³/mol. The molecule has 4 rings (SSSR count). The van der Waals surface area contributed by atoms with Gasteiger partial charge in [0.2, 0.25) is 0 Å². The van der Waals surface area contributed by atoms with Crippen molar-refractivity contribution >= 4 is 10.8 Å². The molecule has 1 aliphatic heterocycles. The molecule has 21 heavy (non-hydrogen) atoms. The highest BCUT2D eigenvalue weighted by Crippen LogP contribution is 2.35. The Balaban J connectivity index is 1.66. The van der Waals surface area contributed by atoms with Gasteiger partial charge in [-0.2, -0.15) is 0 Å². The Kier molecular flexibility index (Phi) is 3.11. The molecule has 3 aromatic carbocycles. The van der Waals surface area contributed by atoms with E-state index in [4.69, 9.17) is 4.74 Å². The Labute approximate surface area is 125 Å². The van der Waals surface area contributed by atoms with E-state index < -0.39 is 0 Å². The van der Waals surface area contributed by atoms with Crippen LogP contribution in [0, 0.1) is 0 Å². The van der Waals surface area contributed by atoms with Gasteiger partial charge in [0.1, 0.15) is 5.75 Å². The fraction of sp³-hybridized carbons (Fsp3) is 0.200. The smallest absolute Gasteiger partial charge is 0.122 e. The van der Waals surface area contributed by atoms with Crippen molar-refractivity contribution in [3.8, 4) is 5.75 Å². The standard InChI is InChI=1S/C20H18O/c1-2-6-17-13-15(9-10-16(17)5-1)14-18-11-12-21-20-8-4-3-7-19(18)20/h1-10,13,18H,11-12,14H2. The monoisotopic (exact) mass is 274 g/mol. The zero-order chi connectivity index (χ0) is 14.1. The molecule has 1 heterocycles. The first-order valence-corrected chi connectivity index (χ1v) is 7.59. The minimum Gasteiger partial charge on any atom is -0.493 e. The molecule has 1 heteroatoms.